The summed E-state index contributed by atoms with van der Waals surface area (Å²) in [6, 6.07) is 3.35. The van der Waals surface area contributed by atoms with Crippen LogP contribution in [0.2, 0.25) is 0 Å². The van der Waals surface area contributed by atoms with Gasteiger partial charge in [0, 0.05) is 18.2 Å². The van der Waals surface area contributed by atoms with Crippen molar-refractivity contribution in [2.24, 2.45) is 0 Å². The van der Waals surface area contributed by atoms with Gasteiger partial charge in [-0.15, -0.1) is 0 Å². The lowest BCUT2D eigenvalue weighted by molar-refractivity contribution is -0.394. The van der Waals surface area contributed by atoms with Crippen LogP contribution in [0.15, 0.2) is 24.0 Å². The summed E-state index contributed by atoms with van der Waals surface area (Å²) in [6.07, 6.45) is 0.905. The van der Waals surface area contributed by atoms with E-state index < -0.39 is 27.2 Å². The Kier molecular flexibility index (Phi) is 4.73. The summed E-state index contributed by atoms with van der Waals surface area (Å²) < 4.78 is 9.12. The Bertz CT molecular complexity index is 562. The van der Waals surface area contributed by atoms with Crippen molar-refractivity contribution in [3.05, 3.63) is 49.8 Å². The number of ether oxygens (including phenoxy) is 2. The number of nitro benzene ring substituents is 2. The summed E-state index contributed by atoms with van der Waals surface area (Å²) in [4.78, 5) is 31.6. The zero-order valence-corrected chi connectivity index (χ0v) is 10.6. The summed E-state index contributed by atoms with van der Waals surface area (Å²) in [5, 5.41) is 21.8. The van der Waals surface area contributed by atoms with E-state index in [1.165, 1.54) is 6.07 Å². The second-order valence-electron chi connectivity index (χ2n) is 3.43. The number of methoxy groups -OCH3 is 2. The number of carbonyl (C=O) groups is 1. The first-order chi connectivity index (χ1) is 9.42. The average Bonchev–Trinajstić information content (AvgIpc) is 2.43. The molecule has 0 aliphatic rings. The van der Waals surface area contributed by atoms with Gasteiger partial charge in [0.15, 0.2) is 0 Å². The summed E-state index contributed by atoms with van der Waals surface area (Å²) in [6.45, 7) is 0. The Labute approximate surface area is 112 Å². The molecule has 9 heteroatoms. The summed E-state index contributed by atoms with van der Waals surface area (Å²) in [5.41, 5.74) is -1.37. The highest BCUT2D eigenvalue weighted by atomic mass is 16.6. The molecular formula is C11H10N2O7. The van der Waals surface area contributed by atoms with Crippen LogP contribution in [-0.4, -0.2) is 30.0 Å². The van der Waals surface area contributed by atoms with E-state index in [0.29, 0.717) is 0 Å². The second-order valence-corrected chi connectivity index (χ2v) is 3.43. The van der Waals surface area contributed by atoms with Crippen LogP contribution in [0.3, 0.4) is 0 Å². The average molecular weight is 282 g/mol. The molecule has 0 radical (unpaired) electrons. The van der Waals surface area contributed by atoms with Crippen LogP contribution in [0.1, 0.15) is 5.56 Å². The number of esters is 1. The quantitative estimate of drug-likeness (QED) is 0.264. The maximum Gasteiger partial charge on any atom is 0.373 e. The SMILES string of the molecule is COC(=O)/C(=C\c1c([N+](=O)[O-])cccc1[N+](=O)[O-])OC. The topological polar surface area (TPSA) is 122 Å². The van der Waals surface area contributed by atoms with Gasteiger partial charge >= 0.3 is 5.97 Å². The Morgan fingerprint density at radius 2 is 1.60 bits per heavy atom. The van der Waals surface area contributed by atoms with Gasteiger partial charge in [0.1, 0.15) is 5.56 Å². The Balaban J connectivity index is 3.55. The molecule has 0 amide bonds. The molecule has 20 heavy (non-hydrogen) atoms. The molecule has 0 unspecified atom stereocenters. The first kappa shape index (κ1) is 15.1. The fourth-order valence-electron chi connectivity index (χ4n) is 1.44. The molecule has 0 heterocycles. The van der Waals surface area contributed by atoms with E-state index >= 15 is 0 Å². The number of nitrogens with zero attached hydrogens (tertiary/aromatic N) is 2. The van der Waals surface area contributed by atoms with Crippen LogP contribution in [0.5, 0.6) is 0 Å². The van der Waals surface area contributed by atoms with Gasteiger partial charge in [0.05, 0.1) is 24.1 Å². The van der Waals surface area contributed by atoms with Gasteiger partial charge < -0.3 is 9.47 Å². The van der Waals surface area contributed by atoms with E-state index in [-0.39, 0.29) is 11.3 Å². The molecule has 0 spiro atoms. The molecule has 0 atom stereocenters. The van der Waals surface area contributed by atoms with Crippen LogP contribution in [0.25, 0.3) is 6.08 Å². The number of nitro groups is 2. The van der Waals surface area contributed by atoms with E-state index in [2.05, 4.69) is 4.74 Å². The van der Waals surface area contributed by atoms with Crippen LogP contribution in [-0.2, 0) is 14.3 Å². The fraction of sp³-hybridized carbons (Fsp3) is 0.182. The number of benzene rings is 1. The van der Waals surface area contributed by atoms with Crippen molar-refractivity contribution in [2.45, 2.75) is 0 Å². The largest absolute Gasteiger partial charge is 0.490 e. The van der Waals surface area contributed by atoms with Gasteiger partial charge in [0.2, 0.25) is 5.76 Å². The molecule has 106 valence electrons. The lowest BCUT2D eigenvalue weighted by Crippen LogP contribution is -2.07. The molecule has 0 saturated heterocycles. The molecule has 9 nitrogen and oxygen atoms in total. The molecule has 0 aliphatic carbocycles. The van der Waals surface area contributed by atoms with Crippen molar-refractivity contribution < 1.29 is 24.1 Å². The maximum absolute atomic E-state index is 11.4. The van der Waals surface area contributed by atoms with Gasteiger partial charge in [-0.1, -0.05) is 0 Å². The Morgan fingerprint density at radius 3 is 1.95 bits per heavy atom. The minimum atomic E-state index is -0.903. The third-order valence-corrected chi connectivity index (χ3v) is 2.34. The second kappa shape index (κ2) is 6.27. The molecule has 1 rings (SSSR count). The lowest BCUT2D eigenvalue weighted by Gasteiger charge is -2.04. The van der Waals surface area contributed by atoms with E-state index in [4.69, 9.17) is 4.74 Å². The Hall–Kier alpha value is -2.97. The van der Waals surface area contributed by atoms with E-state index in [0.717, 1.165) is 32.4 Å². The van der Waals surface area contributed by atoms with Gasteiger partial charge in [-0.25, -0.2) is 4.79 Å². The molecule has 1 aromatic rings. The number of carbonyl (C=O) groups excluding carboxylic acids is 1. The van der Waals surface area contributed by atoms with Crippen molar-refractivity contribution in [3.63, 3.8) is 0 Å². The molecule has 0 N–H and O–H groups in total. The van der Waals surface area contributed by atoms with Gasteiger partial charge in [-0.2, -0.15) is 0 Å². The summed E-state index contributed by atoms with van der Waals surface area (Å²) in [7, 11) is 2.23. The minimum Gasteiger partial charge on any atom is -0.490 e. The molecule has 0 fully saturated rings. The van der Waals surface area contributed by atoms with E-state index in [1.807, 2.05) is 0 Å². The van der Waals surface area contributed by atoms with Crippen LogP contribution < -0.4 is 0 Å². The molecule has 1 aromatic carbocycles. The van der Waals surface area contributed by atoms with Gasteiger partial charge in [0.25, 0.3) is 11.4 Å². The van der Waals surface area contributed by atoms with Gasteiger partial charge in [-0.05, 0) is 6.07 Å². The number of hydrogen-bond donors (Lipinski definition) is 0. The zero-order chi connectivity index (χ0) is 15.3. The van der Waals surface area contributed by atoms with E-state index in [1.54, 1.807) is 0 Å². The molecular weight excluding hydrogens is 272 g/mol. The van der Waals surface area contributed by atoms with Crippen molar-refractivity contribution in [3.8, 4) is 0 Å². The lowest BCUT2D eigenvalue weighted by atomic mass is 10.1. The highest BCUT2D eigenvalue weighted by Gasteiger charge is 2.25. The monoisotopic (exact) mass is 282 g/mol. The highest BCUT2D eigenvalue weighted by molar-refractivity contribution is 5.93. The van der Waals surface area contributed by atoms with Crippen LogP contribution in [0, 0.1) is 20.2 Å². The van der Waals surface area contributed by atoms with Crippen LogP contribution in [0.4, 0.5) is 11.4 Å². The smallest absolute Gasteiger partial charge is 0.373 e. The minimum absolute atomic E-state index is 0.343. The molecule has 0 bridgehead atoms. The predicted molar refractivity (Wildman–Crippen MR) is 66.8 cm³/mol. The summed E-state index contributed by atoms with van der Waals surface area (Å²) >= 11 is 0. The van der Waals surface area contributed by atoms with Crippen molar-refractivity contribution >= 4 is 23.4 Å². The molecule has 0 aliphatic heterocycles. The van der Waals surface area contributed by atoms with E-state index in [9.17, 15) is 25.0 Å². The van der Waals surface area contributed by atoms with Crippen molar-refractivity contribution in [1.82, 2.24) is 0 Å². The standard InChI is InChI=1S/C11H10N2O7/c1-19-10(11(14)20-2)6-7-8(12(15)16)4-3-5-9(7)13(17)18/h3-6H,1-2H3/b10-6+. The third kappa shape index (κ3) is 3.07. The molecule has 0 saturated carbocycles. The first-order valence-electron chi connectivity index (χ1n) is 5.18. The third-order valence-electron chi connectivity index (χ3n) is 2.34. The zero-order valence-electron chi connectivity index (χ0n) is 10.6. The predicted octanol–water partition coefficient (Wildman–Crippen LogP) is 1.66. The highest BCUT2D eigenvalue weighted by Crippen LogP contribution is 2.30. The van der Waals surface area contributed by atoms with Crippen molar-refractivity contribution in [2.75, 3.05) is 14.2 Å². The number of hydrogen-bond acceptors (Lipinski definition) is 7. The fourth-order valence-corrected chi connectivity index (χ4v) is 1.44. The number of rotatable bonds is 5. The normalized spacial score (nSPS) is 10.8. The summed E-state index contributed by atoms with van der Waals surface area (Å²) in [5.74, 6) is -1.29. The Morgan fingerprint density at radius 1 is 1.10 bits per heavy atom. The van der Waals surface area contributed by atoms with Gasteiger partial charge in [-0.3, -0.25) is 20.2 Å². The van der Waals surface area contributed by atoms with Crippen molar-refractivity contribution in [1.29, 1.82) is 0 Å². The van der Waals surface area contributed by atoms with Crippen LogP contribution >= 0.6 is 0 Å². The maximum atomic E-state index is 11.4. The first-order valence-corrected chi connectivity index (χ1v) is 5.18. The molecule has 0 aromatic heterocycles.